The van der Waals surface area contributed by atoms with E-state index >= 15 is 0 Å². The largest absolute Gasteiger partial charge is 0.440 e. The Labute approximate surface area is 66.8 Å². The van der Waals surface area contributed by atoms with Crippen molar-refractivity contribution in [1.82, 2.24) is 0 Å². The summed E-state index contributed by atoms with van der Waals surface area (Å²) in [6.07, 6.45) is -4.17. The first-order valence-corrected chi connectivity index (χ1v) is 3.00. The van der Waals surface area contributed by atoms with Crippen LogP contribution in [0.1, 0.15) is 0 Å². The molecule has 64 valence electrons. The van der Waals surface area contributed by atoms with Crippen LogP contribution in [0.15, 0.2) is 12.3 Å². The lowest BCUT2D eigenvalue weighted by Gasteiger charge is -1.99. The second-order valence-electron chi connectivity index (χ2n) is 1.54. The molecular weight excluding hydrogens is 179 g/mol. The van der Waals surface area contributed by atoms with Crippen molar-refractivity contribution in [2.24, 2.45) is 5.73 Å². The number of hydrogen-bond acceptors (Lipinski definition) is 2. The normalized spacial score (nSPS) is 13.8. The van der Waals surface area contributed by atoms with Crippen molar-refractivity contribution in [2.45, 2.75) is 12.6 Å². The van der Waals surface area contributed by atoms with E-state index < -0.39 is 12.6 Å². The van der Waals surface area contributed by atoms with E-state index in [0.717, 1.165) is 0 Å². The second-order valence-corrected chi connectivity index (χ2v) is 1.95. The zero-order valence-corrected chi connectivity index (χ0v) is 6.15. The Hall–Kier alpha value is -0.780. The minimum absolute atomic E-state index is 0.345. The smallest absolute Gasteiger partial charge is 0.273 e. The highest BCUT2D eigenvalue weighted by atomic mass is 32.1. The summed E-state index contributed by atoms with van der Waals surface area (Å²) in [6, 6.07) is 0. The van der Waals surface area contributed by atoms with Gasteiger partial charge in [0.2, 0.25) is 0 Å². The van der Waals surface area contributed by atoms with E-state index in [1.54, 1.807) is 0 Å². The van der Waals surface area contributed by atoms with Crippen LogP contribution in [0.3, 0.4) is 0 Å². The number of rotatable bonds is 3. The zero-order valence-electron chi connectivity index (χ0n) is 5.34. The maximum Gasteiger partial charge on any atom is 0.273 e. The fourth-order valence-electron chi connectivity index (χ4n) is 0.265. The maximum absolute atomic E-state index is 12.0. The first-order valence-electron chi connectivity index (χ1n) is 2.59. The molecule has 0 heterocycles. The lowest BCUT2D eigenvalue weighted by Crippen LogP contribution is -2.11. The molecule has 0 aliphatic heterocycles. The molecular formula is C5H6F3NOS. The molecule has 0 fully saturated rings. The maximum atomic E-state index is 12.0. The van der Waals surface area contributed by atoms with Crippen molar-refractivity contribution < 1.29 is 17.9 Å². The van der Waals surface area contributed by atoms with Gasteiger partial charge < -0.3 is 10.5 Å². The highest BCUT2D eigenvalue weighted by Gasteiger charge is 2.14. The van der Waals surface area contributed by atoms with Crippen LogP contribution in [0.5, 0.6) is 0 Å². The Morgan fingerprint density at radius 3 is 2.36 bits per heavy atom. The number of nitrogens with two attached hydrogens (primary N) is 1. The van der Waals surface area contributed by atoms with Crippen molar-refractivity contribution in [3.8, 4) is 0 Å². The molecule has 0 rings (SSSR count). The van der Waals surface area contributed by atoms with Gasteiger partial charge in [-0.1, -0.05) is 0 Å². The molecule has 0 aliphatic rings. The van der Waals surface area contributed by atoms with E-state index in [2.05, 4.69) is 17.0 Å². The summed E-state index contributed by atoms with van der Waals surface area (Å²) in [5.41, 5.74) is 4.80. The Morgan fingerprint density at radius 2 is 2.00 bits per heavy atom. The van der Waals surface area contributed by atoms with E-state index in [0.29, 0.717) is 12.3 Å². The Kier molecular flexibility index (Phi) is 4.60. The fraction of sp³-hybridized carbons (Fsp3) is 0.400. The molecule has 0 aromatic heterocycles. The van der Waals surface area contributed by atoms with Crippen molar-refractivity contribution in [3.63, 3.8) is 0 Å². The van der Waals surface area contributed by atoms with Crippen molar-refractivity contribution in [1.29, 1.82) is 0 Å². The van der Waals surface area contributed by atoms with Gasteiger partial charge in [0.1, 0.15) is 0 Å². The third-order valence-electron chi connectivity index (χ3n) is 0.687. The van der Waals surface area contributed by atoms with Gasteiger partial charge in [0.15, 0.2) is 6.17 Å². The van der Waals surface area contributed by atoms with Gasteiger partial charge in [-0.3, -0.25) is 0 Å². The summed E-state index contributed by atoms with van der Waals surface area (Å²) in [7, 11) is 0. The highest BCUT2D eigenvalue weighted by Crippen LogP contribution is 2.06. The van der Waals surface area contributed by atoms with Crippen LogP contribution in [0.4, 0.5) is 13.2 Å². The van der Waals surface area contributed by atoms with Crippen LogP contribution >= 0.6 is 12.2 Å². The molecule has 0 spiro atoms. The molecule has 0 aromatic rings. The molecule has 1 unspecified atom stereocenters. The van der Waals surface area contributed by atoms with E-state index in [-0.39, 0.29) is 5.17 Å². The number of thiocarbonyl (C=S) groups is 1. The summed E-state index contributed by atoms with van der Waals surface area (Å²) in [6.45, 7) is 0. The average Bonchev–Trinajstić information content (AvgIpc) is 1.86. The summed E-state index contributed by atoms with van der Waals surface area (Å²) < 4.78 is 39.0. The first kappa shape index (κ1) is 10.2. The van der Waals surface area contributed by atoms with Crippen molar-refractivity contribution >= 4 is 17.4 Å². The molecule has 0 saturated carbocycles. The minimum Gasteiger partial charge on any atom is -0.440 e. The van der Waals surface area contributed by atoms with E-state index in [1.807, 2.05) is 0 Å². The number of alkyl halides is 3. The molecule has 0 aromatic carbocycles. The molecule has 0 radical (unpaired) electrons. The van der Waals surface area contributed by atoms with E-state index in [4.69, 9.17) is 5.73 Å². The molecule has 11 heavy (non-hydrogen) atoms. The number of allylic oxidation sites excluding steroid dienone is 1. The van der Waals surface area contributed by atoms with Gasteiger partial charge in [-0.2, -0.15) is 0 Å². The monoisotopic (exact) mass is 185 g/mol. The third-order valence-corrected chi connectivity index (χ3v) is 0.784. The average molecular weight is 185 g/mol. The highest BCUT2D eigenvalue weighted by molar-refractivity contribution is 7.80. The number of ether oxygens (including phenoxy) is 1. The molecule has 2 nitrogen and oxygen atoms in total. The van der Waals surface area contributed by atoms with Gasteiger partial charge in [-0.25, -0.2) is 13.2 Å². The lowest BCUT2D eigenvalue weighted by molar-refractivity contribution is 0.0741. The van der Waals surface area contributed by atoms with Gasteiger partial charge in [-0.15, -0.1) is 0 Å². The van der Waals surface area contributed by atoms with Crippen LogP contribution in [-0.2, 0) is 4.74 Å². The molecule has 0 aliphatic carbocycles. The topological polar surface area (TPSA) is 35.2 Å². The van der Waals surface area contributed by atoms with Crippen LogP contribution in [0.2, 0.25) is 0 Å². The standard InChI is InChI=1S/C5H6F3NOS/c6-3(4(7)8)1-2-10-5(9)11/h1-4H,(H2,9,11). The third kappa shape index (κ3) is 5.65. The molecule has 0 amide bonds. The quantitative estimate of drug-likeness (QED) is 0.532. The van der Waals surface area contributed by atoms with Gasteiger partial charge in [0, 0.05) is 0 Å². The molecule has 0 bridgehead atoms. The summed E-state index contributed by atoms with van der Waals surface area (Å²) in [4.78, 5) is 0. The van der Waals surface area contributed by atoms with Gasteiger partial charge in [0.25, 0.3) is 11.6 Å². The van der Waals surface area contributed by atoms with Gasteiger partial charge in [-0.05, 0) is 18.3 Å². The number of hydrogen-bond donors (Lipinski definition) is 1. The van der Waals surface area contributed by atoms with Gasteiger partial charge in [0.05, 0.1) is 6.26 Å². The minimum atomic E-state index is -3.05. The summed E-state index contributed by atoms with van der Waals surface area (Å²) in [5.74, 6) is 0. The zero-order chi connectivity index (χ0) is 8.85. The summed E-state index contributed by atoms with van der Waals surface area (Å²) >= 11 is 4.21. The molecule has 1 atom stereocenters. The Morgan fingerprint density at radius 1 is 1.45 bits per heavy atom. The second kappa shape index (κ2) is 4.95. The predicted octanol–water partition coefficient (Wildman–Crippen LogP) is 1.36. The lowest BCUT2D eigenvalue weighted by atomic mass is 10.4. The fourth-order valence-corrected chi connectivity index (χ4v) is 0.321. The van der Waals surface area contributed by atoms with Crippen LogP contribution in [-0.4, -0.2) is 17.8 Å². The van der Waals surface area contributed by atoms with E-state index in [1.165, 1.54) is 0 Å². The molecule has 2 N–H and O–H groups in total. The first-order chi connectivity index (χ1) is 5.04. The van der Waals surface area contributed by atoms with Crippen LogP contribution in [0, 0.1) is 0 Å². The molecule has 6 heteroatoms. The van der Waals surface area contributed by atoms with Crippen LogP contribution < -0.4 is 5.73 Å². The molecule has 0 saturated heterocycles. The Bertz CT molecular complexity index is 162. The summed E-state index contributed by atoms with van der Waals surface area (Å²) in [5, 5.41) is -0.345. The van der Waals surface area contributed by atoms with Crippen molar-refractivity contribution in [3.05, 3.63) is 12.3 Å². The number of halogens is 3. The van der Waals surface area contributed by atoms with Crippen molar-refractivity contribution in [2.75, 3.05) is 0 Å². The van der Waals surface area contributed by atoms with E-state index in [9.17, 15) is 13.2 Å². The predicted molar refractivity (Wildman–Crippen MR) is 37.9 cm³/mol. The van der Waals surface area contributed by atoms with Crippen LogP contribution in [0.25, 0.3) is 0 Å². The Balaban J connectivity index is 3.65. The van der Waals surface area contributed by atoms with Gasteiger partial charge >= 0.3 is 0 Å². The SMILES string of the molecule is NC(=S)OC=CC(F)C(F)F.